The summed E-state index contributed by atoms with van der Waals surface area (Å²) in [6, 6.07) is 10.0. The zero-order valence-electron chi connectivity index (χ0n) is 13.5. The number of halogens is 3. The van der Waals surface area contributed by atoms with Crippen LogP contribution in [0.3, 0.4) is 0 Å². The highest BCUT2D eigenvalue weighted by Gasteiger charge is 2.28. The highest BCUT2D eigenvalue weighted by Crippen LogP contribution is 2.18. The third kappa shape index (κ3) is 6.70. The van der Waals surface area contributed by atoms with Gasteiger partial charge < -0.3 is 14.8 Å². The van der Waals surface area contributed by atoms with Crippen molar-refractivity contribution in [3.05, 3.63) is 48.2 Å². The maximum Gasteiger partial charge on any atom is 0.422 e. The van der Waals surface area contributed by atoms with Crippen LogP contribution in [-0.4, -0.2) is 30.3 Å². The van der Waals surface area contributed by atoms with E-state index in [1.54, 1.807) is 12.1 Å². The molecule has 0 saturated heterocycles. The molecule has 2 rings (SSSR count). The van der Waals surface area contributed by atoms with Crippen LogP contribution in [-0.2, 0) is 11.2 Å². The van der Waals surface area contributed by atoms with Crippen LogP contribution in [0.5, 0.6) is 11.6 Å². The summed E-state index contributed by atoms with van der Waals surface area (Å²) < 4.78 is 45.9. The average Bonchev–Trinajstić information content (AvgIpc) is 2.59. The summed E-state index contributed by atoms with van der Waals surface area (Å²) in [7, 11) is 0. The van der Waals surface area contributed by atoms with Crippen LogP contribution in [0.4, 0.5) is 18.9 Å². The van der Waals surface area contributed by atoms with Gasteiger partial charge in [0.2, 0.25) is 5.88 Å². The smallest absolute Gasteiger partial charge is 0.422 e. The minimum Gasteiger partial charge on any atom is -0.484 e. The first kappa shape index (κ1) is 18.6. The van der Waals surface area contributed by atoms with Crippen molar-refractivity contribution in [2.75, 3.05) is 18.5 Å². The van der Waals surface area contributed by atoms with E-state index >= 15 is 0 Å². The van der Waals surface area contributed by atoms with Crippen molar-refractivity contribution in [3.8, 4) is 11.6 Å². The third-order valence-electron chi connectivity index (χ3n) is 3.11. The molecule has 0 bridgehead atoms. The molecule has 0 aliphatic heterocycles. The predicted molar refractivity (Wildman–Crippen MR) is 85.7 cm³/mol. The number of rotatable bonds is 7. The molecule has 25 heavy (non-hydrogen) atoms. The van der Waals surface area contributed by atoms with E-state index in [4.69, 9.17) is 4.74 Å². The topological polar surface area (TPSA) is 60.5 Å². The van der Waals surface area contributed by atoms with E-state index in [1.807, 2.05) is 19.1 Å². The lowest BCUT2D eigenvalue weighted by molar-refractivity contribution is -0.154. The number of nitrogens with one attached hydrogen (secondary N) is 1. The van der Waals surface area contributed by atoms with E-state index in [-0.39, 0.29) is 12.5 Å². The van der Waals surface area contributed by atoms with Gasteiger partial charge in [-0.1, -0.05) is 19.1 Å². The fourth-order valence-corrected chi connectivity index (χ4v) is 1.86. The second-order valence-electron chi connectivity index (χ2n) is 5.12. The molecule has 1 heterocycles. The van der Waals surface area contributed by atoms with Crippen molar-refractivity contribution in [2.45, 2.75) is 19.5 Å². The van der Waals surface area contributed by atoms with E-state index in [2.05, 4.69) is 15.0 Å². The van der Waals surface area contributed by atoms with Crippen molar-refractivity contribution < 1.29 is 27.4 Å². The van der Waals surface area contributed by atoms with Gasteiger partial charge >= 0.3 is 6.18 Å². The number of nitrogens with zero attached hydrogens (tertiary/aromatic N) is 1. The molecule has 1 N–H and O–H groups in total. The quantitative estimate of drug-likeness (QED) is 0.825. The summed E-state index contributed by atoms with van der Waals surface area (Å²) in [6.45, 7) is 0.422. The van der Waals surface area contributed by atoms with Gasteiger partial charge in [0.1, 0.15) is 5.75 Å². The number of carbonyl (C=O) groups is 1. The minimum absolute atomic E-state index is 0.178. The standard InChI is InChI=1S/C17H17F3N2O3/c1-2-12-3-6-14(7-4-12)24-10-15(23)22-13-5-8-16(21-9-13)25-11-17(18,19)20/h3-9H,2,10-11H2,1H3,(H,22,23). The van der Waals surface area contributed by atoms with Gasteiger partial charge in [0.25, 0.3) is 5.91 Å². The number of hydrogen-bond donors (Lipinski definition) is 1. The van der Waals surface area contributed by atoms with Gasteiger partial charge in [-0.05, 0) is 30.2 Å². The number of anilines is 1. The monoisotopic (exact) mass is 354 g/mol. The Kier molecular flexibility index (Phi) is 6.21. The van der Waals surface area contributed by atoms with Crippen LogP contribution >= 0.6 is 0 Å². The molecule has 0 aliphatic carbocycles. The largest absolute Gasteiger partial charge is 0.484 e. The second kappa shape index (κ2) is 8.36. The Balaban J connectivity index is 1.79. The van der Waals surface area contributed by atoms with Crippen molar-refractivity contribution in [1.82, 2.24) is 4.98 Å². The zero-order chi connectivity index (χ0) is 18.3. The molecule has 5 nitrogen and oxygen atoms in total. The molecule has 1 amide bonds. The predicted octanol–water partition coefficient (Wildman–Crippen LogP) is 3.60. The Bertz CT molecular complexity index is 686. The molecule has 0 radical (unpaired) electrons. The summed E-state index contributed by atoms with van der Waals surface area (Å²) in [6.07, 6.45) is -2.31. The fourth-order valence-electron chi connectivity index (χ4n) is 1.86. The van der Waals surface area contributed by atoms with Gasteiger partial charge in [0.15, 0.2) is 13.2 Å². The van der Waals surface area contributed by atoms with Crippen LogP contribution in [0.1, 0.15) is 12.5 Å². The van der Waals surface area contributed by atoms with Crippen molar-refractivity contribution >= 4 is 11.6 Å². The Morgan fingerprint density at radius 1 is 1.12 bits per heavy atom. The summed E-state index contributed by atoms with van der Waals surface area (Å²) in [5.74, 6) is -0.0192. The molecular weight excluding hydrogens is 337 g/mol. The number of alkyl halides is 3. The van der Waals surface area contributed by atoms with Crippen molar-refractivity contribution in [2.24, 2.45) is 0 Å². The van der Waals surface area contributed by atoms with Crippen LogP contribution in [0.2, 0.25) is 0 Å². The summed E-state index contributed by atoms with van der Waals surface area (Å²) in [4.78, 5) is 15.5. The normalized spacial score (nSPS) is 11.0. The highest BCUT2D eigenvalue weighted by molar-refractivity contribution is 5.91. The fraction of sp³-hybridized carbons (Fsp3) is 0.294. The Morgan fingerprint density at radius 3 is 2.40 bits per heavy atom. The SMILES string of the molecule is CCc1ccc(OCC(=O)Nc2ccc(OCC(F)(F)F)nc2)cc1. The number of ether oxygens (including phenoxy) is 2. The molecule has 0 spiro atoms. The Morgan fingerprint density at radius 2 is 1.84 bits per heavy atom. The second-order valence-corrected chi connectivity index (χ2v) is 5.12. The zero-order valence-corrected chi connectivity index (χ0v) is 13.5. The molecule has 1 aromatic carbocycles. The molecule has 1 aromatic heterocycles. The molecule has 8 heteroatoms. The molecular formula is C17H17F3N2O3. The number of aromatic nitrogens is 1. The first-order valence-electron chi connectivity index (χ1n) is 7.53. The molecule has 0 fully saturated rings. The summed E-state index contributed by atoms with van der Waals surface area (Å²) in [5.41, 5.74) is 1.49. The number of aryl methyl sites for hydroxylation is 1. The van der Waals surface area contributed by atoms with E-state index in [1.165, 1.54) is 18.3 Å². The van der Waals surface area contributed by atoms with E-state index < -0.39 is 18.7 Å². The molecule has 0 atom stereocenters. The lowest BCUT2D eigenvalue weighted by Gasteiger charge is -2.10. The summed E-state index contributed by atoms with van der Waals surface area (Å²) in [5, 5.41) is 2.53. The lowest BCUT2D eigenvalue weighted by Crippen LogP contribution is -2.21. The third-order valence-corrected chi connectivity index (χ3v) is 3.11. The molecule has 0 unspecified atom stereocenters. The van der Waals surface area contributed by atoms with Crippen molar-refractivity contribution in [1.29, 1.82) is 0 Å². The van der Waals surface area contributed by atoms with Crippen LogP contribution in [0, 0.1) is 0 Å². The van der Waals surface area contributed by atoms with Crippen molar-refractivity contribution in [3.63, 3.8) is 0 Å². The van der Waals surface area contributed by atoms with Gasteiger partial charge in [-0.15, -0.1) is 0 Å². The number of benzene rings is 1. The van der Waals surface area contributed by atoms with Gasteiger partial charge in [-0.2, -0.15) is 13.2 Å². The molecule has 134 valence electrons. The maximum absolute atomic E-state index is 12.0. The Hall–Kier alpha value is -2.77. The maximum atomic E-state index is 12.0. The van der Waals surface area contributed by atoms with Gasteiger partial charge in [-0.3, -0.25) is 4.79 Å². The van der Waals surface area contributed by atoms with Gasteiger partial charge in [0, 0.05) is 6.07 Å². The van der Waals surface area contributed by atoms with Crippen LogP contribution < -0.4 is 14.8 Å². The van der Waals surface area contributed by atoms with Crippen LogP contribution in [0.15, 0.2) is 42.6 Å². The Labute approximate surface area is 142 Å². The first-order valence-corrected chi connectivity index (χ1v) is 7.53. The van der Waals surface area contributed by atoms with E-state index in [0.29, 0.717) is 11.4 Å². The molecule has 0 aliphatic rings. The van der Waals surface area contributed by atoms with Crippen LogP contribution in [0.25, 0.3) is 0 Å². The van der Waals surface area contributed by atoms with E-state index in [0.717, 1.165) is 12.0 Å². The minimum atomic E-state index is -4.43. The van der Waals surface area contributed by atoms with Gasteiger partial charge in [-0.25, -0.2) is 4.98 Å². The number of amides is 1. The van der Waals surface area contributed by atoms with E-state index in [9.17, 15) is 18.0 Å². The molecule has 0 saturated carbocycles. The highest BCUT2D eigenvalue weighted by atomic mass is 19.4. The first-order chi connectivity index (χ1) is 11.9. The number of pyridine rings is 1. The average molecular weight is 354 g/mol. The number of hydrogen-bond acceptors (Lipinski definition) is 4. The molecule has 2 aromatic rings. The number of carbonyl (C=O) groups excluding carboxylic acids is 1. The summed E-state index contributed by atoms with van der Waals surface area (Å²) >= 11 is 0. The lowest BCUT2D eigenvalue weighted by atomic mass is 10.2. The van der Waals surface area contributed by atoms with Gasteiger partial charge in [0.05, 0.1) is 11.9 Å².